The van der Waals surface area contributed by atoms with Crippen LogP contribution in [0.5, 0.6) is 0 Å². The molecule has 0 aromatic heterocycles. The molecule has 0 aliphatic heterocycles. The highest BCUT2D eigenvalue weighted by atomic mass is 16.5. The van der Waals surface area contributed by atoms with Crippen LogP contribution in [0.2, 0.25) is 0 Å². The lowest BCUT2D eigenvalue weighted by molar-refractivity contribution is -0.142. The minimum atomic E-state index is -0.0881. The van der Waals surface area contributed by atoms with Crippen molar-refractivity contribution >= 4 is 5.97 Å². The van der Waals surface area contributed by atoms with Crippen LogP contribution in [0.4, 0.5) is 0 Å². The molecule has 0 heterocycles. The minimum absolute atomic E-state index is 0.0881. The van der Waals surface area contributed by atoms with E-state index in [2.05, 4.69) is 89.3 Å². The average Bonchev–Trinajstić information content (AvgIpc) is 2.90. The van der Waals surface area contributed by atoms with E-state index in [1.807, 2.05) is 13.0 Å². The Kier molecular flexibility index (Phi) is 19.9. The molecular weight excluding hydrogens is 488 g/mol. The summed E-state index contributed by atoms with van der Waals surface area (Å²) in [5.74, 6) is -0.0881. The number of hydrogen-bond acceptors (Lipinski definition) is 2. The van der Waals surface area contributed by atoms with E-state index in [1.165, 1.54) is 80.9 Å². The van der Waals surface area contributed by atoms with Gasteiger partial charge in [0, 0.05) is 6.42 Å². The number of allylic oxidation sites excluding steroid dienone is 13. The molecule has 0 atom stereocenters. The number of carbonyl (C=O) groups excluding carboxylic acids is 1. The van der Waals surface area contributed by atoms with Gasteiger partial charge in [-0.2, -0.15) is 0 Å². The SMILES string of the molecule is CCCCCC=CCC=CCCCCCCCC(=O)OCC=C(C)C=CC=C(C)/C=C/C1=C(C)CCCC1(C)C. The summed E-state index contributed by atoms with van der Waals surface area (Å²) in [5, 5.41) is 0. The summed E-state index contributed by atoms with van der Waals surface area (Å²) in [5.41, 5.74) is 5.63. The van der Waals surface area contributed by atoms with E-state index in [0.717, 1.165) is 31.3 Å². The number of ether oxygens (including phenoxy) is 1. The first-order chi connectivity index (χ1) is 19.3. The lowest BCUT2D eigenvalue weighted by Crippen LogP contribution is -2.19. The summed E-state index contributed by atoms with van der Waals surface area (Å²) < 4.78 is 5.40. The van der Waals surface area contributed by atoms with Crippen molar-refractivity contribution < 1.29 is 9.53 Å². The summed E-state index contributed by atoms with van der Waals surface area (Å²) in [6.07, 6.45) is 39.4. The van der Waals surface area contributed by atoms with Gasteiger partial charge in [0.2, 0.25) is 0 Å². The van der Waals surface area contributed by atoms with E-state index in [4.69, 9.17) is 4.74 Å². The fourth-order valence-corrected chi connectivity index (χ4v) is 5.12. The van der Waals surface area contributed by atoms with Gasteiger partial charge in [-0.1, -0.05) is 124 Å². The van der Waals surface area contributed by atoms with Gasteiger partial charge in [0.1, 0.15) is 6.61 Å². The maximum atomic E-state index is 12.0. The molecule has 0 aromatic rings. The Labute approximate surface area is 248 Å². The fraction of sp³-hybridized carbons (Fsp3) is 0.605. The second kappa shape index (κ2) is 22.4. The number of esters is 1. The van der Waals surface area contributed by atoms with Crippen LogP contribution < -0.4 is 0 Å². The maximum absolute atomic E-state index is 12.0. The minimum Gasteiger partial charge on any atom is -0.461 e. The van der Waals surface area contributed by atoms with Crippen LogP contribution in [-0.2, 0) is 9.53 Å². The fourth-order valence-electron chi connectivity index (χ4n) is 5.12. The van der Waals surface area contributed by atoms with Crippen LogP contribution in [0.1, 0.15) is 138 Å². The Morgan fingerprint density at radius 3 is 2.25 bits per heavy atom. The molecule has 1 aliphatic carbocycles. The molecule has 0 N–H and O–H groups in total. The quantitative estimate of drug-likeness (QED) is 0.0654. The second-order valence-corrected chi connectivity index (χ2v) is 12.1. The lowest BCUT2D eigenvalue weighted by atomic mass is 9.72. The van der Waals surface area contributed by atoms with Crippen LogP contribution in [-0.4, -0.2) is 12.6 Å². The zero-order valence-electron chi connectivity index (χ0n) is 26.9. The van der Waals surface area contributed by atoms with Crippen LogP contribution in [0.3, 0.4) is 0 Å². The van der Waals surface area contributed by atoms with Crippen LogP contribution in [0.15, 0.2) is 83.1 Å². The topological polar surface area (TPSA) is 26.3 Å². The predicted molar refractivity (Wildman–Crippen MR) is 176 cm³/mol. The van der Waals surface area contributed by atoms with E-state index in [9.17, 15) is 4.79 Å². The normalized spacial score (nSPS) is 16.9. The van der Waals surface area contributed by atoms with Crippen molar-refractivity contribution in [2.24, 2.45) is 5.41 Å². The lowest BCUT2D eigenvalue weighted by Gasteiger charge is -2.32. The summed E-state index contributed by atoms with van der Waals surface area (Å²) >= 11 is 0. The second-order valence-electron chi connectivity index (χ2n) is 12.1. The molecule has 1 aliphatic rings. The van der Waals surface area contributed by atoms with Gasteiger partial charge < -0.3 is 4.74 Å². The molecule has 0 saturated carbocycles. The molecule has 2 heteroatoms. The van der Waals surface area contributed by atoms with E-state index >= 15 is 0 Å². The van der Waals surface area contributed by atoms with Crippen LogP contribution in [0, 0.1) is 5.41 Å². The zero-order chi connectivity index (χ0) is 29.5. The van der Waals surface area contributed by atoms with Crippen molar-refractivity contribution in [3.8, 4) is 0 Å². The molecule has 2 nitrogen and oxygen atoms in total. The maximum Gasteiger partial charge on any atom is 0.306 e. The highest BCUT2D eigenvalue weighted by molar-refractivity contribution is 5.69. The Morgan fingerprint density at radius 1 is 0.875 bits per heavy atom. The highest BCUT2D eigenvalue weighted by Crippen LogP contribution is 2.40. The highest BCUT2D eigenvalue weighted by Gasteiger charge is 2.26. The third-order valence-corrected chi connectivity index (χ3v) is 7.75. The van der Waals surface area contributed by atoms with Gasteiger partial charge in [-0.15, -0.1) is 0 Å². The van der Waals surface area contributed by atoms with Gasteiger partial charge in [0.15, 0.2) is 0 Å². The van der Waals surface area contributed by atoms with Crippen molar-refractivity contribution in [1.29, 1.82) is 0 Å². The molecule has 0 saturated heterocycles. The van der Waals surface area contributed by atoms with Crippen molar-refractivity contribution in [1.82, 2.24) is 0 Å². The molecule has 40 heavy (non-hydrogen) atoms. The first-order valence-corrected chi connectivity index (χ1v) is 16.1. The standard InChI is InChI=1S/C38H60O2/c1-7-8-9-10-11-12-13-14-15-16-17-18-19-20-21-27-37(39)40-32-30-34(3)25-22-24-33(2)28-29-36-35(4)26-23-31-38(36,5)6/h11-12,14-15,22,24-25,28-30H,7-10,13,16-21,23,26-27,31-32H2,1-6H3/b12-11?,15-14?,25-22?,29-28+,33-24?,34-30?. The summed E-state index contributed by atoms with van der Waals surface area (Å²) in [7, 11) is 0. The van der Waals surface area contributed by atoms with Gasteiger partial charge in [0.05, 0.1) is 0 Å². The van der Waals surface area contributed by atoms with Gasteiger partial charge in [-0.3, -0.25) is 4.79 Å². The summed E-state index contributed by atoms with van der Waals surface area (Å²) in [4.78, 5) is 12.0. The monoisotopic (exact) mass is 548 g/mol. The molecule has 1 rings (SSSR count). The Bertz CT molecular complexity index is 917. The van der Waals surface area contributed by atoms with Crippen molar-refractivity contribution in [3.63, 3.8) is 0 Å². The molecule has 0 radical (unpaired) electrons. The number of carbonyl (C=O) groups is 1. The zero-order valence-corrected chi connectivity index (χ0v) is 26.9. The van der Waals surface area contributed by atoms with Gasteiger partial charge in [0.25, 0.3) is 0 Å². The van der Waals surface area contributed by atoms with Gasteiger partial charge in [-0.25, -0.2) is 0 Å². The first-order valence-electron chi connectivity index (χ1n) is 16.1. The van der Waals surface area contributed by atoms with E-state index < -0.39 is 0 Å². The largest absolute Gasteiger partial charge is 0.461 e. The third-order valence-electron chi connectivity index (χ3n) is 7.75. The molecule has 0 aromatic carbocycles. The molecule has 0 fully saturated rings. The molecular formula is C38H60O2. The first kappa shape index (κ1) is 35.7. The summed E-state index contributed by atoms with van der Waals surface area (Å²) in [6.45, 7) is 13.8. The van der Waals surface area contributed by atoms with Crippen LogP contribution in [0.25, 0.3) is 0 Å². The number of unbranched alkanes of at least 4 members (excludes halogenated alkanes) is 8. The van der Waals surface area contributed by atoms with E-state index in [0.29, 0.717) is 13.0 Å². The molecule has 0 unspecified atom stereocenters. The van der Waals surface area contributed by atoms with Crippen molar-refractivity contribution in [2.75, 3.05) is 6.61 Å². The molecule has 0 spiro atoms. The van der Waals surface area contributed by atoms with Gasteiger partial charge >= 0.3 is 5.97 Å². The van der Waals surface area contributed by atoms with E-state index in [-0.39, 0.29) is 11.4 Å². The predicted octanol–water partition coefficient (Wildman–Crippen LogP) is 11.9. The smallest absolute Gasteiger partial charge is 0.306 e. The number of hydrogen-bond donors (Lipinski definition) is 0. The average molecular weight is 549 g/mol. The van der Waals surface area contributed by atoms with Crippen molar-refractivity contribution in [3.05, 3.63) is 83.1 Å². The van der Waals surface area contributed by atoms with Crippen molar-refractivity contribution in [2.45, 2.75) is 138 Å². The number of rotatable bonds is 20. The summed E-state index contributed by atoms with van der Waals surface area (Å²) in [6, 6.07) is 0. The van der Waals surface area contributed by atoms with Crippen LogP contribution >= 0.6 is 0 Å². The molecule has 0 amide bonds. The Morgan fingerprint density at radius 2 is 1.55 bits per heavy atom. The van der Waals surface area contributed by atoms with Gasteiger partial charge in [-0.05, 0) is 95.6 Å². The molecule has 224 valence electrons. The Balaban J connectivity index is 2.14. The third kappa shape index (κ3) is 18.1. The molecule has 0 bridgehead atoms. The van der Waals surface area contributed by atoms with E-state index in [1.54, 1.807) is 0 Å². The Hall–Kier alpha value is -2.35.